The first-order chi connectivity index (χ1) is 5.86. The van der Waals surface area contributed by atoms with Crippen molar-refractivity contribution in [1.82, 2.24) is 19.7 Å². The average molecular weight is 225 g/mol. The van der Waals surface area contributed by atoms with E-state index in [1.807, 2.05) is 12.1 Å². The lowest BCUT2D eigenvalue weighted by molar-refractivity contribution is 0.871. The molecule has 0 amide bonds. The lowest BCUT2D eigenvalue weighted by Gasteiger charge is -1.97. The van der Waals surface area contributed by atoms with E-state index < -0.39 is 0 Å². The summed E-state index contributed by atoms with van der Waals surface area (Å²) in [5.74, 6) is 0. The summed E-state index contributed by atoms with van der Waals surface area (Å²) in [7, 11) is 0. The summed E-state index contributed by atoms with van der Waals surface area (Å²) in [6.07, 6.45) is 4.84. The predicted molar refractivity (Wildman–Crippen MR) is 46.9 cm³/mol. The van der Waals surface area contributed by atoms with Crippen LogP contribution in [0, 0.1) is 0 Å². The number of nitrogens with zero attached hydrogens (tertiary/aromatic N) is 4. The fraction of sp³-hybridized carbons (Fsp3) is 0. The van der Waals surface area contributed by atoms with Gasteiger partial charge >= 0.3 is 0 Å². The molecule has 0 aliphatic rings. The predicted octanol–water partition coefficient (Wildman–Crippen LogP) is 1.42. The maximum absolute atomic E-state index is 4.06. The van der Waals surface area contributed by atoms with Crippen LogP contribution in [0.1, 0.15) is 0 Å². The number of pyridine rings is 1. The van der Waals surface area contributed by atoms with Gasteiger partial charge in [0.25, 0.3) is 0 Å². The van der Waals surface area contributed by atoms with E-state index in [0.29, 0.717) is 0 Å². The van der Waals surface area contributed by atoms with E-state index in [1.165, 1.54) is 6.33 Å². The highest BCUT2D eigenvalue weighted by atomic mass is 79.9. The van der Waals surface area contributed by atoms with Crippen molar-refractivity contribution in [3.05, 3.63) is 35.6 Å². The summed E-state index contributed by atoms with van der Waals surface area (Å²) in [5, 5.41) is 3.97. The fourth-order valence-corrected chi connectivity index (χ4v) is 1.08. The van der Waals surface area contributed by atoms with Crippen molar-refractivity contribution < 1.29 is 0 Å². The minimum absolute atomic E-state index is 0.811. The highest BCUT2D eigenvalue weighted by molar-refractivity contribution is 9.10. The van der Waals surface area contributed by atoms with E-state index in [4.69, 9.17) is 0 Å². The standard InChI is InChI=1S/C7H5BrN4/c8-7-2-1-6(3-10-7)12-5-9-4-11-12/h1-5H. The van der Waals surface area contributed by atoms with Gasteiger partial charge < -0.3 is 0 Å². The van der Waals surface area contributed by atoms with Crippen LogP contribution in [0.5, 0.6) is 0 Å². The second-order valence-electron chi connectivity index (χ2n) is 2.18. The quantitative estimate of drug-likeness (QED) is 0.689. The Morgan fingerprint density at radius 3 is 2.83 bits per heavy atom. The van der Waals surface area contributed by atoms with Crippen molar-refractivity contribution in [3.63, 3.8) is 0 Å². The van der Waals surface area contributed by atoms with Crippen molar-refractivity contribution in [2.75, 3.05) is 0 Å². The van der Waals surface area contributed by atoms with Crippen LogP contribution in [-0.4, -0.2) is 19.7 Å². The SMILES string of the molecule is Brc1ccc(-n2cncn2)cn1. The van der Waals surface area contributed by atoms with E-state index in [1.54, 1.807) is 17.2 Å². The van der Waals surface area contributed by atoms with E-state index in [9.17, 15) is 0 Å². The van der Waals surface area contributed by atoms with E-state index in [-0.39, 0.29) is 0 Å². The number of hydrogen-bond donors (Lipinski definition) is 0. The second-order valence-corrected chi connectivity index (χ2v) is 2.99. The largest absolute Gasteiger partial charge is 0.247 e. The third-order valence-corrected chi connectivity index (χ3v) is 1.86. The summed E-state index contributed by atoms with van der Waals surface area (Å²) in [5.41, 5.74) is 0.899. The summed E-state index contributed by atoms with van der Waals surface area (Å²) in [6, 6.07) is 3.77. The molecule has 0 unspecified atom stereocenters. The molecule has 2 heterocycles. The molecule has 2 aromatic heterocycles. The molecule has 0 saturated carbocycles. The maximum Gasteiger partial charge on any atom is 0.138 e. The van der Waals surface area contributed by atoms with Gasteiger partial charge in [-0.05, 0) is 28.1 Å². The molecule has 0 radical (unpaired) electrons. The molecule has 0 spiro atoms. The molecular formula is C7H5BrN4. The van der Waals surface area contributed by atoms with Crippen LogP contribution >= 0.6 is 15.9 Å². The van der Waals surface area contributed by atoms with E-state index in [2.05, 4.69) is 31.0 Å². The van der Waals surface area contributed by atoms with Gasteiger partial charge in [-0.2, -0.15) is 5.10 Å². The summed E-state index contributed by atoms with van der Waals surface area (Å²) in [4.78, 5) is 7.90. The van der Waals surface area contributed by atoms with Crippen molar-refractivity contribution in [2.24, 2.45) is 0 Å². The minimum atomic E-state index is 0.811. The Morgan fingerprint density at radius 2 is 2.25 bits per heavy atom. The van der Waals surface area contributed by atoms with Crippen molar-refractivity contribution in [2.45, 2.75) is 0 Å². The molecule has 0 atom stereocenters. The normalized spacial score (nSPS) is 10.1. The molecule has 2 rings (SSSR count). The lowest BCUT2D eigenvalue weighted by atomic mass is 10.4. The monoisotopic (exact) mass is 224 g/mol. The highest BCUT2D eigenvalue weighted by Gasteiger charge is 1.95. The van der Waals surface area contributed by atoms with Crippen LogP contribution in [0.25, 0.3) is 5.69 Å². The molecule has 0 N–H and O–H groups in total. The topological polar surface area (TPSA) is 43.6 Å². The Morgan fingerprint density at radius 1 is 1.33 bits per heavy atom. The van der Waals surface area contributed by atoms with Gasteiger partial charge in [0, 0.05) is 0 Å². The summed E-state index contributed by atoms with van der Waals surface area (Å²) in [6.45, 7) is 0. The van der Waals surface area contributed by atoms with Gasteiger partial charge in [0.05, 0.1) is 11.9 Å². The molecule has 5 heteroatoms. The van der Waals surface area contributed by atoms with Crippen LogP contribution in [0.15, 0.2) is 35.6 Å². The Hall–Kier alpha value is -1.23. The average Bonchev–Trinajstić information content (AvgIpc) is 2.58. The first-order valence-corrected chi connectivity index (χ1v) is 4.12. The maximum atomic E-state index is 4.06. The third kappa shape index (κ3) is 1.35. The van der Waals surface area contributed by atoms with E-state index >= 15 is 0 Å². The lowest BCUT2D eigenvalue weighted by Crippen LogP contribution is -1.94. The first kappa shape index (κ1) is 7.42. The van der Waals surface area contributed by atoms with Crippen LogP contribution in [0.2, 0.25) is 0 Å². The first-order valence-electron chi connectivity index (χ1n) is 3.33. The zero-order valence-electron chi connectivity index (χ0n) is 6.05. The Labute approximate surface area is 77.4 Å². The smallest absolute Gasteiger partial charge is 0.138 e. The number of rotatable bonds is 1. The Kier molecular flexibility index (Phi) is 1.87. The van der Waals surface area contributed by atoms with Gasteiger partial charge in [0.2, 0.25) is 0 Å². The number of aromatic nitrogens is 4. The molecule has 0 aliphatic carbocycles. The molecular weight excluding hydrogens is 220 g/mol. The molecule has 0 aromatic carbocycles. The van der Waals surface area contributed by atoms with Crippen molar-refractivity contribution >= 4 is 15.9 Å². The molecule has 0 fully saturated rings. The highest BCUT2D eigenvalue weighted by Crippen LogP contribution is 2.08. The third-order valence-electron chi connectivity index (χ3n) is 1.40. The molecule has 0 bridgehead atoms. The van der Waals surface area contributed by atoms with Crippen LogP contribution in [0.4, 0.5) is 0 Å². The van der Waals surface area contributed by atoms with Gasteiger partial charge in [-0.3, -0.25) is 0 Å². The zero-order valence-corrected chi connectivity index (χ0v) is 7.64. The van der Waals surface area contributed by atoms with E-state index in [0.717, 1.165) is 10.3 Å². The molecule has 0 saturated heterocycles. The molecule has 2 aromatic rings. The van der Waals surface area contributed by atoms with Crippen LogP contribution < -0.4 is 0 Å². The number of hydrogen-bond acceptors (Lipinski definition) is 3. The fourth-order valence-electron chi connectivity index (χ4n) is 0.845. The summed E-state index contributed by atoms with van der Waals surface area (Å²) < 4.78 is 2.46. The van der Waals surface area contributed by atoms with Crippen LogP contribution in [-0.2, 0) is 0 Å². The second kappa shape index (κ2) is 3.02. The zero-order chi connectivity index (χ0) is 8.39. The van der Waals surface area contributed by atoms with Gasteiger partial charge in [0.1, 0.15) is 17.3 Å². The van der Waals surface area contributed by atoms with Gasteiger partial charge in [-0.25, -0.2) is 14.6 Å². The number of halogens is 1. The van der Waals surface area contributed by atoms with Gasteiger partial charge in [-0.15, -0.1) is 0 Å². The van der Waals surface area contributed by atoms with Crippen molar-refractivity contribution in [3.8, 4) is 5.69 Å². The molecule has 12 heavy (non-hydrogen) atoms. The van der Waals surface area contributed by atoms with Gasteiger partial charge in [0.15, 0.2) is 0 Å². The van der Waals surface area contributed by atoms with Crippen LogP contribution in [0.3, 0.4) is 0 Å². The Balaban J connectivity index is 2.43. The molecule has 60 valence electrons. The molecule has 0 aliphatic heterocycles. The Bertz CT molecular complexity index is 353. The summed E-state index contributed by atoms with van der Waals surface area (Å²) >= 11 is 3.25. The minimum Gasteiger partial charge on any atom is -0.247 e. The molecule has 4 nitrogen and oxygen atoms in total. The van der Waals surface area contributed by atoms with Gasteiger partial charge in [-0.1, -0.05) is 0 Å². The van der Waals surface area contributed by atoms with Crippen molar-refractivity contribution in [1.29, 1.82) is 0 Å².